The summed E-state index contributed by atoms with van der Waals surface area (Å²) in [5, 5.41) is 2.99. The van der Waals surface area contributed by atoms with Crippen molar-refractivity contribution in [1.82, 2.24) is 5.32 Å². The predicted octanol–water partition coefficient (Wildman–Crippen LogP) is 5.97. The lowest BCUT2D eigenvalue weighted by atomic mass is 9.93. The number of fused-ring (bicyclic) bond motifs is 1. The Morgan fingerprint density at radius 2 is 1.74 bits per heavy atom. The lowest BCUT2D eigenvalue weighted by Gasteiger charge is -2.31. The van der Waals surface area contributed by atoms with Gasteiger partial charge in [0.25, 0.3) is 0 Å². The Labute approximate surface area is 185 Å². The van der Waals surface area contributed by atoms with Crippen molar-refractivity contribution < 1.29 is 19.0 Å². The number of hydrogen-bond donors (Lipinski definition) is 1. The van der Waals surface area contributed by atoms with Crippen molar-refractivity contribution in [3.05, 3.63) is 59.7 Å². The maximum Gasteiger partial charge on any atom is 0.407 e. The SMILES string of the molecule is CC(C)(C)OC(=O)NC1CCC(Oc2ccc3c(c2)CCC(c2ccccc2)O3)CC1. The van der Waals surface area contributed by atoms with Crippen LogP contribution < -0.4 is 14.8 Å². The molecule has 2 aliphatic rings. The smallest absolute Gasteiger partial charge is 0.407 e. The average molecular weight is 424 g/mol. The quantitative estimate of drug-likeness (QED) is 0.658. The maximum absolute atomic E-state index is 12.0. The minimum atomic E-state index is -0.471. The summed E-state index contributed by atoms with van der Waals surface area (Å²) in [4.78, 5) is 12.0. The average Bonchev–Trinajstić information content (AvgIpc) is 2.74. The topological polar surface area (TPSA) is 56.8 Å². The molecule has 1 N–H and O–H groups in total. The van der Waals surface area contributed by atoms with Crippen molar-refractivity contribution in [3.63, 3.8) is 0 Å². The third-order valence-corrected chi connectivity index (χ3v) is 5.85. The summed E-state index contributed by atoms with van der Waals surface area (Å²) in [7, 11) is 0. The van der Waals surface area contributed by atoms with Crippen molar-refractivity contribution in [3.8, 4) is 11.5 Å². The molecule has 0 bridgehead atoms. The minimum absolute atomic E-state index is 0.119. The Kier molecular flexibility index (Phi) is 6.40. The number of carbonyl (C=O) groups is 1. The molecule has 166 valence electrons. The molecule has 0 spiro atoms. The van der Waals surface area contributed by atoms with Gasteiger partial charge in [0.1, 0.15) is 23.2 Å². The molecule has 1 amide bonds. The molecule has 5 nitrogen and oxygen atoms in total. The second kappa shape index (κ2) is 9.21. The molecular formula is C26H33NO4. The second-order valence-electron chi connectivity index (χ2n) is 9.56. The van der Waals surface area contributed by atoms with Crippen LogP contribution in [0.1, 0.15) is 70.1 Å². The number of nitrogens with one attached hydrogen (secondary N) is 1. The fourth-order valence-corrected chi connectivity index (χ4v) is 4.33. The fourth-order valence-electron chi connectivity index (χ4n) is 4.33. The number of carbonyl (C=O) groups excluding carboxylic acids is 1. The predicted molar refractivity (Wildman–Crippen MR) is 121 cm³/mol. The Hall–Kier alpha value is -2.69. The van der Waals surface area contributed by atoms with Crippen LogP contribution in [0.4, 0.5) is 4.79 Å². The van der Waals surface area contributed by atoms with Crippen LogP contribution in [0, 0.1) is 0 Å². The summed E-state index contributed by atoms with van der Waals surface area (Å²) in [6.07, 6.45) is 5.56. The molecule has 2 aromatic carbocycles. The molecule has 1 aliphatic heterocycles. The number of alkyl carbamates (subject to hydrolysis) is 1. The number of benzene rings is 2. The van der Waals surface area contributed by atoms with Crippen molar-refractivity contribution in [2.75, 3.05) is 0 Å². The highest BCUT2D eigenvalue weighted by atomic mass is 16.6. The zero-order valence-electron chi connectivity index (χ0n) is 18.7. The number of hydrogen-bond acceptors (Lipinski definition) is 4. The van der Waals surface area contributed by atoms with E-state index in [1.165, 1.54) is 11.1 Å². The first-order chi connectivity index (χ1) is 14.9. The summed E-state index contributed by atoms with van der Waals surface area (Å²) in [6.45, 7) is 5.63. The van der Waals surface area contributed by atoms with Gasteiger partial charge < -0.3 is 19.5 Å². The maximum atomic E-state index is 12.0. The van der Waals surface area contributed by atoms with Gasteiger partial charge in [0, 0.05) is 6.04 Å². The van der Waals surface area contributed by atoms with E-state index < -0.39 is 5.60 Å². The normalized spacial score (nSPS) is 23.3. The largest absolute Gasteiger partial charge is 0.490 e. The van der Waals surface area contributed by atoms with Gasteiger partial charge >= 0.3 is 6.09 Å². The standard InChI is InChI=1S/C26H33NO4/c1-26(2,3)31-25(28)27-20-10-12-21(13-11-20)29-22-14-16-24-19(17-22)9-15-23(30-24)18-7-5-4-6-8-18/h4-8,14,16-17,20-21,23H,9-13,15H2,1-3H3,(H,27,28). The summed E-state index contributed by atoms with van der Waals surface area (Å²) in [6, 6.07) is 16.7. The first kappa shape index (κ1) is 21.5. The molecule has 1 unspecified atom stereocenters. The van der Waals surface area contributed by atoms with E-state index in [0.717, 1.165) is 50.0 Å². The van der Waals surface area contributed by atoms with Crippen LogP contribution in [0.5, 0.6) is 11.5 Å². The van der Waals surface area contributed by atoms with Gasteiger partial charge in [0.05, 0.1) is 6.10 Å². The molecule has 2 aromatic rings. The van der Waals surface area contributed by atoms with Crippen LogP contribution in [-0.2, 0) is 11.2 Å². The molecule has 1 fully saturated rings. The van der Waals surface area contributed by atoms with E-state index in [2.05, 4.69) is 35.6 Å². The molecule has 1 atom stereocenters. The van der Waals surface area contributed by atoms with E-state index in [1.54, 1.807) is 0 Å². The van der Waals surface area contributed by atoms with Gasteiger partial charge in [0.15, 0.2) is 0 Å². The minimum Gasteiger partial charge on any atom is -0.490 e. The van der Waals surface area contributed by atoms with Crippen LogP contribution in [0.2, 0.25) is 0 Å². The molecule has 0 saturated heterocycles. The third kappa shape index (κ3) is 5.93. The third-order valence-electron chi connectivity index (χ3n) is 5.85. The lowest BCUT2D eigenvalue weighted by Crippen LogP contribution is -2.42. The van der Waals surface area contributed by atoms with Crippen molar-refractivity contribution in [1.29, 1.82) is 0 Å². The molecule has 5 heteroatoms. The summed E-state index contributed by atoms with van der Waals surface area (Å²) in [5.41, 5.74) is 1.97. The zero-order valence-corrected chi connectivity index (χ0v) is 18.7. The number of amides is 1. The molecule has 1 saturated carbocycles. The van der Waals surface area contributed by atoms with Gasteiger partial charge in [-0.25, -0.2) is 4.79 Å². The summed E-state index contributed by atoms with van der Waals surface area (Å²) >= 11 is 0. The van der Waals surface area contributed by atoms with Gasteiger partial charge in [0.2, 0.25) is 0 Å². The van der Waals surface area contributed by atoms with E-state index in [9.17, 15) is 4.79 Å². The molecule has 0 radical (unpaired) electrons. The van der Waals surface area contributed by atoms with Crippen molar-refractivity contribution in [2.45, 2.75) is 83.1 Å². The lowest BCUT2D eigenvalue weighted by molar-refractivity contribution is 0.0471. The summed E-state index contributed by atoms with van der Waals surface area (Å²) in [5.74, 6) is 1.86. The monoisotopic (exact) mass is 423 g/mol. The van der Waals surface area contributed by atoms with Gasteiger partial charge in [-0.1, -0.05) is 30.3 Å². The number of aryl methyl sites for hydroxylation is 1. The van der Waals surface area contributed by atoms with Gasteiger partial charge in [-0.3, -0.25) is 0 Å². The Bertz CT molecular complexity index is 882. The van der Waals surface area contributed by atoms with E-state index in [-0.39, 0.29) is 24.3 Å². The van der Waals surface area contributed by atoms with Gasteiger partial charge in [-0.15, -0.1) is 0 Å². The van der Waals surface area contributed by atoms with E-state index in [4.69, 9.17) is 14.2 Å². The highest BCUT2D eigenvalue weighted by Crippen LogP contribution is 2.37. The van der Waals surface area contributed by atoms with Crippen LogP contribution in [0.25, 0.3) is 0 Å². The van der Waals surface area contributed by atoms with Gasteiger partial charge in [-0.2, -0.15) is 0 Å². The van der Waals surface area contributed by atoms with Crippen molar-refractivity contribution >= 4 is 6.09 Å². The number of rotatable bonds is 4. The van der Waals surface area contributed by atoms with E-state index >= 15 is 0 Å². The molecule has 0 aromatic heterocycles. The molecule has 31 heavy (non-hydrogen) atoms. The molecule has 1 aliphatic carbocycles. The highest BCUT2D eigenvalue weighted by Gasteiger charge is 2.26. The first-order valence-corrected chi connectivity index (χ1v) is 11.4. The Balaban J connectivity index is 1.27. The fraction of sp³-hybridized carbons (Fsp3) is 0.500. The first-order valence-electron chi connectivity index (χ1n) is 11.4. The Morgan fingerprint density at radius 3 is 2.45 bits per heavy atom. The Morgan fingerprint density at radius 1 is 1.00 bits per heavy atom. The van der Waals surface area contributed by atoms with E-state index in [0.29, 0.717) is 0 Å². The van der Waals surface area contributed by atoms with Crippen LogP contribution >= 0.6 is 0 Å². The zero-order chi connectivity index (χ0) is 21.8. The van der Waals surface area contributed by atoms with Crippen LogP contribution in [0.15, 0.2) is 48.5 Å². The van der Waals surface area contributed by atoms with E-state index in [1.807, 2.05) is 39.0 Å². The molecule has 4 rings (SSSR count). The van der Waals surface area contributed by atoms with Crippen LogP contribution in [0.3, 0.4) is 0 Å². The molecule has 1 heterocycles. The molecular weight excluding hydrogens is 390 g/mol. The summed E-state index contributed by atoms with van der Waals surface area (Å²) < 4.78 is 17.9. The van der Waals surface area contributed by atoms with Gasteiger partial charge in [-0.05, 0) is 88.6 Å². The highest BCUT2D eigenvalue weighted by molar-refractivity contribution is 5.68. The number of ether oxygens (including phenoxy) is 3. The van der Waals surface area contributed by atoms with Crippen molar-refractivity contribution in [2.24, 2.45) is 0 Å². The van der Waals surface area contributed by atoms with Crippen LogP contribution in [-0.4, -0.2) is 23.8 Å². The second-order valence-corrected chi connectivity index (χ2v) is 9.56.